The van der Waals surface area contributed by atoms with Crippen LogP contribution in [-0.4, -0.2) is 34.0 Å². The molecule has 3 rings (SSSR count). The van der Waals surface area contributed by atoms with Gasteiger partial charge >= 0.3 is 6.09 Å². The Labute approximate surface area is 181 Å². The Morgan fingerprint density at radius 2 is 1.84 bits per heavy atom. The molecule has 0 spiro atoms. The summed E-state index contributed by atoms with van der Waals surface area (Å²) in [5.41, 5.74) is 2.50. The minimum atomic E-state index is -0.549. The van der Waals surface area contributed by atoms with Crippen molar-refractivity contribution < 1.29 is 19.2 Å². The minimum absolute atomic E-state index is 0.0733. The van der Waals surface area contributed by atoms with Gasteiger partial charge in [0.2, 0.25) is 0 Å². The molecule has 2 amide bonds. The summed E-state index contributed by atoms with van der Waals surface area (Å²) in [7, 11) is 0. The highest BCUT2D eigenvalue weighted by Crippen LogP contribution is 2.24. The first-order valence-corrected chi connectivity index (χ1v) is 10.2. The SMILES string of the molecule is CC(C)(C)OC(=O)NCc1ccc(CN2CCCc3ccc([N+](=O)[O-])cc3C2=O)cc1. The van der Waals surface area contributed by atoms with E-state index < -0.39 is 16.6 Å². The number of hydrogen-bond donors (Lipinski definition) is 1. The van der Waals surface area contributed by atoms with E-state index >= 15 is 0 Å². The molecule has 0 radical (unpaired) electrons. The number of nitrogens with one attached hydrogen (secondary N) is 1. The van der Waals surface area contributed by atoms with E-state index in [0.29, 0.717) is 31.6 Å². The zero-order chi connectivity index (χ0) is 22.6. The molecule has 164 valence electrons. The van der Waals surface area contributed by atoms with Crippen LogP contribution in [-0.2, 0) is 24.2 Å². The number of nitro benzene ring substituents is 1. The first kappa shape index (κ1) is 22.3. The summed E-state index contributed by atoms with van der Waals surface area (Å²) >= 11 is 0. The summed E-state index contributed by atoms with van der Waals surface area (Å²) in [6, 6.07) is 12.1. The third-order valence-electron chi connectivity index (χ3n) is 4.93. The van der Waals surface area contributed by atoms with Crippen molar-refractivity contribution in [3.05, 3.63) is 74.8 Å². The Balaban J connectivity index is 1.64. The van der Waals surface area contributed by atoms with E-state index in [-0.39, 0.29) is 11.6 Å². The van der Waals surface area contributed by atoms with Gasteiger partial charge in [0.15, 0.2) is 0 Å². The monoisotopic (exact) mass is 425 g/mol. The fourth-order valence-corrected chi connectivity index (χ4v) is 3.45. The molecular weight excluding hydrogens is 398 g/mol. The molecule has 0 aromatic heterocycles. The molecule has 0 fully saturated rings. The highest BCUT2D eigenvalue weighted by atomic mass is 16.6. The number of carbonyl (C=O) groups excluding carboxylic acids is 2. The van der Waals surface area contributed by atoms with Gasteiger partial charge in [-0.25, -0.2) is 4.79 Å². The van der Waals surface area contributed by atoms with Gasteiger partial charge in [-0.2, -0.15) is 0 Å². The number of amides is 2. The number of carbonyl (C=O) groups is 2. The van der Waals surface area contributed by atoms with E-state index in [0.717, 1.165) is 23.1 Å². The molecule has 0 bridgehead atoms. The zero-order valence-corrected chi connectivity index (χ0v) is 18.0. The highest BCUT2D eigenvalue weighted by molar-refractivity contribution is 5.96. The number of nitrogens with zero attached hydrogens (tertiary/aromatic N) is 2. The first-order chi connectivity index (χ1) is 14.6. The predicted molar refractivity (Wildman–Crippen MR) is 116 cm³/mol. The number of nitro groups is 1. The van der Waals surface area contributed by atoms with Gasteiger partial charge in [-0.05, 0) is 50.3 Å². The van der Waals surface area contributed by atoms with E-state index in [9.17, 15) is 19.7 Å². The van der Waals surface area contributed by atoms with Crippen LogP contribution < -0.4 is 5.32 Å². The van der Waals surface area contributed by atoms with Crippen molar-refractivity contribution in [2.24, 2.45) is 0 Å². The van der Waals surface area contributed by atoms with E-state index in [1.165, 1.54) is 12.1 Å². The van der Waals surface area contributed by atoms with Crippen LogP contribution in [0.2, 0.25) is 0 Å². The topological polar surface area (TPSA) is 102 Å². The zero-order valence-electron chi connectivity index (χ0n) is 18.0. The lowest BCUT2D eigenvalue weighted by Gasteiger charge is -2.21. The van der Waals surface area contributed by atoms with Gasteiger partial charge in [-0.15, -0.1) is 0 Å². The van der Waals surface area contributed by atoms with Crippen molar-refractivity contribution in [1.29, 1.82) is 0 Å². The third-order valence-corrected chi connectivity index (χ3v) is 4.93. The normalized spacial score (nSPS) is 13.9. The number of fused-ring (bicyclic) bond motifs is 1. The van der Waals surface area contributed by atoms with Gasteiger partial charge in [0, 0.05) is 37.3 Å². The van der Waals surface area contributed by atoms with E-state index in [1.54, 1.807) is 11.0 Å². The van der Waals surface area contributed by atoms with Gasteiger partial charge in [0.05, 0.1) is 4.92 Å². The Kier molecular flexibility index (Phi) is 6.58. The maximum absolute atomic E-state index is 13.0. The standard InChI is InChI=1S/C23H27N3O5/c1-23(2,3)31-22(28)24-14-16-6-8-17(9-7-16)15-25-12-4-5-18-10-11-19(26(29)30)13-20(18)21(25)27/h6-11,13H,4-5,12,14-15H2,1-3H3,(H,24,28). The largest absolute Gasteiger partial charge is 0.444 e. The molecule has 8 nitrogen and oxygen atoms in total. The Morgan fingerprint density at radius 1 is 1.16 bits per heavy atom. The van der Waals surface area contributed by atoms with Crippen LogP contribution in [0.15, 0.2) is 42.5 Å². The minimum Gasteiger partial charge on any atom is -0.444 e. The second-order valence-electron chi connectivity index (χ2n) is 8.60. The lowest BCUT2D eigenvalue weighted by Crippen LogP contribution is -2.32. The third kappa shape index (κ3) is 6.04. The van der Waals surface area contributed by atoms with Crippen molar-refractivity contribution in [2.45, 2.75) is 52.3 Å². The molecular formula is C23H27N3O5. The molecule has 0 saturated heterocycles. The number of alkyl carbamates (subject to hydrolysis) is 1. The average Bonchev–Trinajstić information content (AvgIpc) is 2.85. The van der Waals surface area contributed by atoms with Crippen LogP contribution in [0.4, 0.5) is 10.5 Å². The van der Waals surface area contributed by atoms with Crippen LogP contribution in [0.25, 0.3) is 0 Å². The van der Waals surface area contributed by atoms with Gasteiger partial charge in [-0.3, -0.25) is 14.9 Å². The summed E-state index contributed by atoms with van der Waals surface area (Å²) in [5.74, 6) is -0.188. The Bertz CT molecular complexity index is 980. The Hall–Kier alpha value is -3.42. The van der Waals surface area contributed by atoms with E-state index in [1.807, 2.05) is 45.0 Å². The molecule has 0 saturated carbocycles. The van der Waals surface area contributed by atoms with Crippen LogP contribution in [0, 0.1) is 10.1 Å². The predicted octanol–water partition coefficient (Wildman–Crippen LogP) is 4.21. The maximum Gasteiger partial charge on any atom is 0.407 e. The molecule has 1 aliphatic rings. The number of aryl methyl sites for hydroxylation is 1. The van der Waals surface area contributed by atoms with E-state index in [2.05, 4.69) is 5.32 Å². The Morgan fingerprint density at radius 3 is 2.48 bits per heavy atom. The molecule has 1 aliphatic heterocycles. The molecule has 0 atom stereocenters. The number of hydrogen-bond acceptors (Lipinski definition) is 5. The second kappa shape index (κ2) is 9.16. The lowest BCUT2D eigenvalue weighted by atomic mass is 10.0. The highest BCUT2D eigenvalue weighted by Gasteiger charge is 2.24. The smallest absolute Gasteiger partial charge is 0.407 e. The molecule has 1 N–H and O–H groups in total. The summed E-state index contributed by atoms with van der Waals surface area (Å²) in [6.45, 7) is 6.77. The molecule has 2 aromatic carbocycles. The van der Waals surface area contributed by atoms with Gasteiger partial charge in [-0.1, -0.05) is 30.3 Å². The molecule has 1 heterocycles. The van der Waals surface area contributed by atoms with Crippen molar-refractivity contribution in [3.63, 3.8) is 0 Å². The average molecular weight is 425 g/mol. The molecule has 0 aliphatic carbocycles. The van der Waals surface area contributed by atoms with Crippen LogP contribution in [0.3, 0.4) is 0 Å². The fraction of sp³-hybridized carbons (Fsp3) is 0.391. The lowest BCUT2D eigenvalue weighted by molar-refractivity contribution is -0.384. The van der Waals surface area contributed by atoms with Crippen molar-refractivity contribution in [1.82, 2.24) is 10.2 Å². The molecule has 8 heteroatoms. The molecule has 2 aromatic rings. The fourth-order valence-electron chi connectivity index (χ4n) is 3.45. The summed E-state index contributed by atoms with van der Waals surface area (Å²) in [5, 5.41) is 13.8. The summed E-state index contributed by atoms with van der Waals surface area (Å²) in [4.78, 5) is 37.1. The summed E-state index contributed by atoms with van der Waals surface area (Å²) in [6.07, 6.45) is 1.04. The van der Waals surface area contributed by atoms with Gasteiger partial charge < -0.3 is 15.0 Å². The second-order valence-corrected chi connectivity index (χ2v) is 8.60. The van der Waals surface area contributed by atoms with Gasteiger partial charge in [0.1, 0.15) is 5.60 Å². The van der Waals surface area contributed by atoms with Gasteiger partial charge in [0.25, 0.3) is 11.6 Å². The summed E-state index contributed by atoms with van der Waals surface area (Å²) < 4.78 is 5.22. The van der Waals surface area contributed by atoms with E-state index in [4.69, 9.17) is 4.74 Å². The number of rotatable bonds is 5. The molecule has 0 unspecified atom stereocenters. The number of non-ortho nitro benzene ring substituents is 1. The number of benzene rings is 2. The van der Waals surface area contributed by atoms with Crippen molar-refractivity contribution >= 4 is 17.7 Å². The number of ether oxygens (including phenoxy) is 1. The first-order valence-electron chi connectivity index (χ1n) is 10.2. The van der Waals surface area contributed by atoms with Crippen LogP contribution in [0.5, 0.6) is 0 Å². The quantitative estimate of drug-likeness (QED) is 0.571. The van der Waals surface area contributed by atoms with Crippen LogP contribution in [0.1, 0.15) is 54.2 Å². The van der Waals surface area contributed by atoms with Crippen LogP contribution >= 0.6 is 0 Å². The maximum atomic E-state index is 13.0. The van der Waals surface area contributed by atoms with Crippen molar-refractivity contribution in [2.75, 3.05) is 6.54 Å². The molecule has 31 heavy (non-hydrogen) atoms. The van der Waals surface area contributed by atoms with Crippen molar-refractivity contribution in [3.8, 4) is 0 Å².